The highest BCUT2D eigenvalue weighted by atomic mass is 32.2. The van der Waals surface area contributed by atoms with E-state index in [1.165, 1.54) is 6.42 Å². The molecule has 3 rings (SSSR count). The maximum atomic E-state index is 4.59. The molecule has 0 unspecified atom stereocenters. The van der Waals surface area contributed by atoms with Gasteiger partial charge in [-0.3, -0.25) is 4.98 Å². The summed E-state index contributed by atoms with van der Waals surface area (Å²) in [6.07, 6.45) is 4.72. The third-order valence-corrected chi connectivity index (χ3v) is 4.67. The molecule has 0 atom stereocenters. The van der Waals surface area contributed by atoms with Crippen molar-refractivity contribution < 1.29 is 0 Å². The summed E-state index contributed by atoms with van der Waals surface area (Å²) in [6.45, 7) is 2.18. The van der Waals surface area contributed by atoms with Crippen LogP contribution in [0.15, 0.2) is 24.5 Å². The van der Waals surface area contributed by atoms with E-state index < -0.39 is 0 Å². The fourth-order valence-electron chi connectivity index (χ4n) is 1.67. The molecule has 0 fully saturated rings. The lowest BCUT2D eigenvalue weighted by Crippen LogP contribution is -1.94. The number of aromatic nitrogens is 5. The van der Waals surface area contributed by atoms with Crippen LogP contribution in [0.5, 0.6) is 0 Å². The van der Waals surface area contributed by atoms with Crippen molar-refractivity contribution >= 4 is 28.1 Å². The number of pyridine rings is 1. The fraction of sp³-hybridized carbons (Fsp3) is 0.333. The molecule has 5 nitrogen and oxygen atoms in total. The van der Waals surface area contributed by atoms with Crippen LogP contribution in [-0.2, 0) is 5.75 Å². The summed E-state index contributed by atoms with van der Waals surface area (Å²) in [6, 6.07) is 3.91. The van der Waals surface area contributed by atoms with Crippen molar-refractivity contribution in [2.75, 3.05) is 5.75 Å². The SMILES string of the molecule is CCCSCc1nnc2sc(-c3ccncc3)nn12. The van der Waals surface area contributed by atoms with Crippen LogP contribution in [0.1, 0.15) is 19.2 Å². The van der Waals surface area contributed by atoms with Crippen molar-refractivity contribution in [3.05, 3.63) is 30.4 Å². The van der Waals surface area contributed by atoms with E-state index in [0.29, 0.717) is 0 Å². The van der Waals surface area contributed by atoms with Crippen molar-refractivity contribution in [2.24, 2.45) is 0 Å². The molecule has 3 aromatic heterocycles. The van der Waals surface area contributed by atoms with E-state index in [1.54, 1.807) is 23.7 Å². The second kappa shape index (κ2) is 5.66. The molecule has 0 aliphatic rings. The van der Waals surface area contributed by atoms with E-state index in [1.807, 2.05) is 28.4 Å². The van der Waals surface area contributed by atoms with Gasteiger partial charge in [0, 0.05) is 18.0 Å². The van der Waals surface area contributed by atoms with Gasteiger partial charge >= 0.3 is 0 Å². The summed E-state index contributed by atoms with van der Waals surface area (Å²) in [4.78, 5) is 4.86. The average molecular weight is 291 g/mol. The van der Waals surface area contributed by atoms with Gasteiger partial charge in [-0.2, -0.15) is 21.4 Å². The van der Waals surface area contributed by atoms with E-state index >= 15 is 0 Å². The zero-order valence-corrected chi connectivity index (χ0v) is 12.1. The maximum absolute atomic E-state index is 4.59. The summed E-state index contributed by atoms with van der Waals surface area (Å²) in [5.41, 5.74) is 1.07. The molecule has 0 amide bonds. The summed E-state index contributed by atoms with van der Waals surface area (Å²) in [5, 5.41) is 13.9. The Morgan fingerprint density at radius 1 is 1.26 bits per heavy atom. The molecule has 0 saturated carbocycles. The number of hydrogen-bond donors (Lipinski definition) is 0. The lowest BCUT2D eigenvalue weighted by atomic mass is 10.3. The van der Waals surface area contributed by atoms with Crippen LogP contribution < -0.4 is 0 Å². The Bertz CT molecular complexity index is 661. The first-order chi connectivity index (χ1) is 9.38. The summed E-state index contributed by atoms with van der Waals surface area (Å²) in [5.74, 6) is 2.91. The van der Waals surface area contributed by atoms with Crippen LogP contribution in [0.4, 0.5) is 0 Å². The molecule has 0 saturated heterocycles. The Kier molecular flexibility index (Phi) is 3.74. The van der Waals surface area contributed by atoms with Crippen molar-refractivity contribution in [1.82, 2.24) is 24.8 Å². The van der Waals surface area contributed by atoms with Crippen LogP contribution in [-0.4, -0.2) is 30.5 Å². The van der Waals surface area contributed by atoms with Gasteiger partial charge in [0.15, 0.2) is 5.82 Å². The number of rotatable bonds is 5. The average Bonchev–Trinajstić information content (AvgIpc) is 3.02. The van der Waals surface area contributed by atoms with Gasteiger partial charge in [0.05, 0.1) is 5.75 Å². The minimum Gasteiger partial charge on any atom is -0.265 e. The van der Waals surface area contributed by atoms with E-state index in [9.17, 15) is 0 Å². The largest absolute Gasteiger partial charge is 0.265 e. The molecule has 3 heterocycles. The third-order valence-electron chi connectivity index (χ3n) is 2.56. The minimum absolute atomic E-state index is 0.846. The Morgan fingerprint density at radius 2 is 2.11 bits per heavy atom. The van der Waals surface area contributed by atoms with Gasteiger partial charge in [-0.25, -0.2) is 0 Å². The van der Waals surface area contributed by atoms with E-state index in [4.69, 9.17) is 0 Å². The first-order valence-electron chi connectivity index (χ1n) is 6.07. The molecule has 19 heavy (non-hydrogen) atoms. The number of nitrogens with zero attached hydrogens (tertiary/aromatic N) is 5. The lowest BCUT2D eigenvalue weighted by Gasteiger charge is -1.96. The quantitative estimate of drug-likeness (QED) is 0.677. The lowest BCUT2D eigenvalue weighted by molar-refractivity contribution is 0.886. The fourth-order valence-corrected chi connectivity index (χ4v) is 3.33. The molecule has 0 aliphatic heterocycles. The van der Waals surface area contributed by atoms with Gasteiger partial charge in [-0.05, 0) is 24.3 Å². The van der Waals surface area contributed by atoms with Gasteiger partial charge in [0.1, 0.15) is 5.01 Å². The topological polar surface area (TPSA) is 56.0 Å². The molecule has 0 N–H and O–H groups in total. The van der Waals surface area contributed by atoms with Gasteiger partial charge in [-0.1, -0.05) is 18.3 Å². The van der Waals surface area contributed by atoms with E-state index in [2.05, 4.69) is 27.2 Å². The Balaban J connectivity index is 1.89. The van der Waals surface area contributed by atoms with E-state index in [0.717, 1.165) is 32.9 Å². The predicted molar refractivity (Wildman–Crippen MR) is 78.3 cm³/mol. The molecule has 98 valence electrons. The van der Waals surface area contributed by atoms with Gasteiger partial charge in [0.25, 0.3) is 0 Å². The van der Waals surface area contributed by atoms with Crippen molar-refractivity contribution in [3.63, 3.8) is 0 Å². The molecular weight excluding hydrogens is 278 g/mol. The second-order valence-electron chi connectivity index (χ2n) is 4.01. The first-order valence-corrected chi connectivity index (χ1v) is 8.05. The summed E-state index contributed by atoms with van der Waals surface area (Å²) in [7, 11) is 0. The number of hydrogen-bond acceptors (Lipinski definition) is 6. The summed E-state index contributed by atoms with van der Waals surface area (Å²) < 4.78 is 1.85. The van der Waals surface area contributed by atoms with Crippen LogP contribution in [0.2, 0.25) is 0 Å². The van der Waals surface area contributed by atoms with Crippen molar-refractivity contribution in [3.8, 4) is 10.6 Å². The minimum atomic E-state index is 0.846. The second-order valence-corrected chi connectivity index (χ2v) is 6.07. The molecular formula is C12H13N5S2. The highest BCUT2D eigenvalue weighted by molar-refractivity contribution is 7.98. The molecule has 0 aliphatic carbocycles. The Labute approximate surface area is 119 Å². The molecule has 3 aromatic rings. The van der Waals surface area contributed by atoms with Crippen LogP contribution >= 0.6 is 23.1 Å². The molecule has 0 spiro atoms. The van der Waals surface area contributed by atoms with Crippen molar-refractivity contribution in [2.45, 2.75) is 19.1 Å². The van der Waals surface area contributed by atoms with Crippen LogP contribution in [0, 0.1) is 0 Å². The zero-order valence-electron chi connectivity index (χ0n) is 10.5. The smallest absolute Gasteiger partial charge is 0.235 e. The molecule has 0 aromatic carbocycles. The first kappa shape index (κ1) is 12.6. The Hall–Kier alpha value is -1.47. The van der Waals surface area contributed by atoms with E-state index in [-0.39, 0.29) is 0 Å². The highest BCUT2D eigenvalue weighted by Crippen LogP contribution is 2.25. The summed E-state index contributed by atoms with van der Waals surface area (Å²) >= 11 is 3.41. The molecule has 7 heteroatoms. The predicted octanol–water partition coefficient (Wildman–Crippen LogP) is 2.89. The third kappa shape index (κ3) is 2.62. The number of fused-ring (bicyclic) bond motifs is 1. The van der Waals surface area contributed by atoms with Gasteiger partial charge in [0.2, 0.25) is 4.96 Å². The molecule has 0 radical (unpaired) electrons. The van der Waals surface area contributed by atoms with Gasteiger partial charge < -0.3 is 0 Å². The van der Waals surface area contributed by atoms with Crippen LogP contribution in [0.3, 0.4) is 0 Å². The maximum Gasteiger partial charge on any atom is 0.235 e. The zero-order chi connectivity index (χ0) is 13.1. The van der Waals surface area contributed by atoms with Crippen molar-refractivity contribution in [1.29, 1.82) is 0 Å². The number of thioether (sulfide) groups is 1. The van der Waals surface area contributed by atoms with Crippen LogP contribution in [0.25, 0.3) is 15.5 Å². The van der Waals surface area contributed by atoms with Gasteiger partial charge in [-0.15, -0.1) is 10.2 Å². The standard InChI is InChI=1S/C12H13N5S2/c1-2-7-18-8-10-14-15-12-17(10)16-11(19-12)9-3-5-13-6-4-9/h3-6H,2,7-8H2,1H3. The normalized spacial score (nSPS) is 11.2. The monoisotopic (exact) mass is 291 g/mol. The Morgan fingerprint density at radius 3 is 2.89 bits per heavy atom. The molecule has 0 bridgehead atoms. The highest BCUT2D eigenvalue weighted by Gasteiger charge is 2.12.